The number of halogens is 4. The zero-order chi connectivity index (χ0) is 13.9. The Morgan fingerprint density at radius 2 is 2.00 bits per heavy atom. The third-order valence-corrected chi connectivity index (χ3v) is 3.03. The van der Waals surface area contributed by atoms with Gasteiger partial charge in [0.05, 0.1) is 28.9 Å². The highest BCUT2D eigenvalue weighted by atomic mass is 35.5. The molecule has 3 nitrogen and oxygen atoms in total. The number of rotatable bonds is 5. The normalized spacial score (nSPS) is 13.9. The van der Waals surface area contributed by atoms with Gasteiger partial charge in [0.15, 0.2) is 0 Å². The zero-order valence-corrected chi connectivity index (χ0v) is 11.0. The molecule has 0 amide bonds. The Balaban J connectivity index is 2.86. The van der Waals surface area contributed by atoms with Crippen LogP contribution in [0.5, 0.6) is 0 Å². The molecule has 1 heterocycles. The van der Waals surface area contributed by atoms with Gasteiger partial charge in [-0.05, 0) is 13.3 Å². The lowest BCUT2D eigenvalue weighted by Gasteiger charge is -2.14. The van der Waals surface area contributed by atoms with E-state index < -0.39 is 18.7 Å². The molecule has 1 unspecified atom stereocenters. The SMILES string of the molecule is CCc1nn(CC)c(CC(O)CC(F)(F)F)c1Cl. The summed E-state index contributed by atoms with van der Waals surface area (Å²) in [6.45, 7) is 4.19. The monoisotopic (exact) mass is 284 g/mol. The Kier molecular flexibility index (Phi) is 5.04. The van der Waals surface area contributed by atoms with Crippen molar-refractivity contribution in [3.63, 3.8) is 0 Å². The standard InChI is InChI=1S/C11H16ClF3N2O/c1-3-8-10(12)9(17(4-2)16-8)5-7(18)6-11(13,14)15/h7,18H,3-6H2,1-2H3. The highest BCUT2D eigenvalue weighted by molar-refractivity contribution is 6.31. The van der Waals surface area contributed by atoms with E-state index in [4.69, 9.17) is 11.6 Å². The van der Waals surface area contributed by atoms with E-state index in [-0.39, 0.29) is 6.42 Å². The molecule has 0 radical (unpaired) electrons. The smallest absolute Gasteiger partial charge is 0.391 e. The van der Waals surface area contributed by atoms with Crippen molar-refractivity contribution in [2.45, 2.75) is 51.9 Å². The van der Waals surface area contributed by atoms with Gasteiger partial charge >= 0.3 is 6.18 Å². The van der Waals surface area contributed by atoms with E-state index >= 15 is 0 Å². The van der Waals surface area contributed by atoms with E-state index in [1.54, 1.807) is 4.68 Å². The number of aliphatic hydroxyl groups excluding tert-OH is 1. The second-order valence-electron chi connectivity index (χ2n) is 4.05. The van der Waals surface area contributed by atoms with E-state index in [1.165, 1.54) is 0 Å². The first-order valence-corrected chi connectivity index (χ1v) is 6.15. The summed E-state index contributed by atoms with van der Waals surface area (Å²) in [6, 6.07) is 0. The van der Waals surface area contributed by atoms with Gasteiger partial charge < -0.3 is 5.11 Å². The third kappa shape index (κ3) is 3.88. The maximum atomic E-state index is 12.1. The minimum atomic E-state index is -4.38. The topological polar surface area (TPSA) is 38.0 Å². The van der Waals surface area contributed by atoms with Crippen LogP contribution in [-0.4, -0.2) is 27.2 Å². The van der Waals surface area contributed by atoms with Crippen LogP contribution in [0.4, 0.5) is 13.2 Å². The van der Waals surface area contributed by atoms with Gasteiger partial charge in [-0.1, -0.05) is 18.5 Å². The number of hydrogen-bond acceptors (Lipinski definition) is 2. The van der Waals surface area contributed by atoms with Gasteiger partial charge in [0, 0.05) is 13.0 Å². The highest BCUT2D eigenvalue weighted by Crippen LogP contribution is 2.27. The van der Waals surface area contributed by atoms with Crippen LogP contribution in [0, 0.1) is 0 Å². The Morgan fingerprint density at radius 1 is 1.39 bits per heavy atom. The zero-order valence-electron chi connectivity index (χ0n) is 10.3. The fraction of sp³-hybridized carbons (Fsp3) is 0.727. The Hall–Kier alpha value is -0.750. The number of aryl methyl sites for hydroxylation is 2. The molecular formula is C11H16ClF3N2O. The Bertz CT molecular complexity index is 404. The van der Waals surface area contributed by atoms with Gasteiger partial charge in [-0.15, -0.1) is 0 Å². The number of hydrogen-bond donors (Lipinski definition) is 1. The molecule has 0 saturated heterocycles. The largest absolute Gasteiger partial charge is 0.392 e. The number of nitrogens with zero attached hydrogens (tertiary/aromatic N) is 2. The van der Waals surface area contributed by atoms with Crippen molar-refractivity contribution in [2.75, 3.05) is 0 Å². The van der Waals surface area contributed by atoms with Crippen molar-refractivity contribution in [1.29, 1.82) is 0 Å². The van der Waals surface area contributed by atoms with E-state index in [0.29, 0.717) is 29.4 Å². The van der Waals surface area contributed by atoms with Crippen LogP contribution >= 0.6 is 11.6 Å². The molecule has 18 heavy (non-hydrogen) atoms. The predicted octanol–water partition coefficient (Wildman–Crippen LogP) is 2.97. The number of aromatic nitrogens is 2. The van der Waals surface area contributed by atoms with Gasteiger partial charge in [-0.25, -0.2) is 0 Å². The summed E-state index contributed by atoms with van der Waals surface area (Å²) in [5, 5.41) is 14.0. The summed E-state index contributed by atoms with van der Waals surface area (Å²) in [4.78, 5) is 0. The van der Waals surface area contributed by atoms with Crippen molar-refractivity contribution in [3.8, 4) is 0 Å². The fourth-order valence-electron chi connectivity index (χ4n) is 1.77. The summed E-state index contributed by atoms with van der Waals surface area (Å²) in [5.74, 6) is 0. The van der Waals surface area contributed by atoms with Gasteiger partial charge in [-0.2, -0.15) is 18.3 Å². The molecule has 7 heteroatoms. The molecule has 1 atom stereocenters. The summed E-state index contributed by atoms with van der Waals surface area (Å²) in [6.07, 6.45) is -6.64. The van der Waals surface area contributed by atoms with Crippen LogP contribution in [0.2, 0.25) is 5.02 Å². The van der Waals surface area contributed by atoms with Gasteiger partial charge in [0.1, 0.15) is 0 Å². The fourth-order valence-corrected chi connectivity index (χ4v) is 2.12. The van der Waals surface area contributed by atoms with Gasteiger partial charge in [0.25, 0.3) is 0 Å². The summed E-state index contributed by atoms with van der Waals surface area (Å²) >= 11 is 6.05. The van der Waals surface area contributed by atoms with Crippen molar-refractivity contribution in [2.24, 2.45) is 0 Å². The molecule has 104 valence electrons. The van der Waals surface area contributed by atoms with E-state index in [2.05, 4.69) is 5.10 Å². The van der Waals surface area contributed by atoms with Crippen molar-refractivity contribution in [3.05, 3.63) is 16.4 Å². The molecule has 1 aromatic heterocycles. The molecule has 1 aromatic rings. The second kappa shape index (κ2) is 5.93. The quantitative estimate of drug-likeness (QED) is 0.903. The van der Waals surface area contributed by atoms with Gasteiger partial charge in [0.2, 0.25) is 0 Å². The lowest BCUT2D eigenvalue weighted by atomic mass is 10.1. The molecule has 0 aliphatic heterocycles. The van der Waals surface area contributed by atoms with Crippen LogP contribution in [0.3, 0.4) is 0 Å². The third-order valence-electron chi connectivity index (χ3n) is 2.59. The van der Waals surface area contributed by atoms with Crippen molar-refractivity contribution in [1.82, 2.24) is 9.78 Å². The molecule has 1 rings (SSSR count). The van der Waals surface area contributed by atoms with Crippen LogP contribution in [0.25, 0.3) is 0 Å². The van der Waals surface area contributed by atoms with Crippen LogP contribution in [0.15, 0.2) is 0 Å². The number of alkyl halides is 3. The second-order valence-corrected chi connectivity index (χ2v) is 4.43. The molecule has 0 aliphatic rings. The van der Waals surface area contributed by atoms with Crippen LogP contribution < -0.4 is 0 Å². The van der Waals surface area contributed by atoms with Crippen LogP contribution in [-0.2, 0) is 19.4 Å². The molecule has 0 aliphatic carbocycles. The molecule has 0 saturated carbocycles. The maximum absolute atomic E-state index is 12.1. The maximum Gasteiger partial charge on any atom is 0.391 e. The molecular weight excluding hydrogens is 269 g/mol. The van der Waals surface area contributed by atoms with Crippen molar-refractivity contribution < 1.29 is 18.3 Å². The minimum absolute atomic E-state index is 0.140. The summed E-state index contributed by atoms with van der Waals surface area (Å²) < 4.78 is 38.0. The van der Waals surface area contributed by atoms with E-state index in [1.807, 2.05) is 13.8 Å². The van der Waals surface area contributed by atoms with E-state index in [0.717, 1.165) is 0 Å². The predicted molar refractivity (Wildman–Crippen MR) is 62.7 cm³/mol. The first-order valence-electron chi connectivity index (χ1n) is 5.77. The van der Waals surface area contributed by atoms with Crippen molar-refractivity contribution >= 4 is 11.6 Å². The number of aliphatic hydroxyl groups is 1. The van der Waals surface area contributed by atoms with Gasteiger partial charge in [-0.3, -0.25) is 4.68 Å². The Morgan fingerprint density at radius 3 is 2.44 bits per heavy atom. The Labute approximate surface area is 109 Å². The lowest BCUT2D eigenvalue weighted by molar-refractivity contribution is -0.153. The molecule has 0 spiro atoms. The molecule has 0 fully saturated rings. The average molecular weight is 285 g/mol. The van der Waals surface area contributed by atoms with E-state index in [9.17, 15) is 18.3 Å². The highest BCUT2D eigenvalue weighted by Gasteiger charge is 2.32. The van der Waals surface area contributed by atoms with Crippen LogP contribution in [0.1, 0.15) is 31.7 Å². The summed E-state index contributed by atoms with van der Waals surface area (Å²) in [7, 11) is 0. The minimum Gasteiger partial charge on any atom is -0.392 e. The lowest BCUT2D eigenvalue weighted by Crippen LogP contribution is -2.22. The molecule has 0 bridgehead atoms. The average Bonchev–Trinajstić information content (AvgIpc) is 2.53. The molecule has 0 aromatic carbocycles. The first kappa shape index (κ1) is 15.3. The molecule has 1 N–H and O–H groups in total. The summed E-state index contributed by atoms with van der Waals surface area (Å²) in [5.41, 5.74) is 1.11. The first-order chi connectivity index (χ1) is 8.28.